The highest BCUT2D eigenvalue weighted by molar-refractivity contribution is 9.10. The van der Waals surface area contributed by atoms with E-state index in [1.54, 1.807) is 7.11 Å². The van der Waals surface area contributed by atoms with Crippen LogP contribution in [0.4, 0.5) is 5.69 Å². The van der Waals surface area contributed by atoms with Crippen LogP contribution in [-0.4, -0.2) is 19.5 Å². The van der Waals surface area contributed by atoms with E-state index < -0.39 is 5.60 Å². The molecule has 4 aromatic carbocycles. The Morgan fingerprint density at radius 2 is 1.66 bits per heavy atom. The van der Waals surface area contributed by atoms with E-state index in [2.05, 4.69) is 15.9 Å². The van der Waals surface area contributed by atoms with Crippen molar-refractivity contribution in [3.63, 3.8) is 0 Å². The second-order valence-electron chi connectivity index (χ2n) is 8.96. The minimum absolute atomic E-state index is 0.152. The average Bonchev–Trinajstić information content (AvgIpc) is 2.83. The summed E-state index contributed by atoms with van der Waals surface area (Å²) < 4.78 is 24.8. The standard InChI is InChI=1S/C29H30BrNO4/c1-29(2,35-28-14-21-10-7-11-25(31)24(21)16-27(28)32-3)17-22-12-13-23(30)15-26(22)34-19-33-18-20-8-5-4-6-9-20/h4-16H,17-19,31H2,1-3H3. The fourth-order valence-corrected chi connectivity index (χ4v) is 4.33. The zero-order valence-electron chi connectivity index (χ0n) is 20.2. The minimum atomic E-state index is -0.544. The van der Waals surface area contributed by atoms with Crippen molar-refractivity contribution in [3.05, 3.63) is 94.5 Å². The van der Waals surface area contributed by atoms with Crippen molar-refractivity contribution in [1.82, 2.24) is 0 Å². The topological polar surface area (TPSA) is 62.9 Å². The van der Waals surface area contributed by atoms with Crippen LogP contribution in [0.15, 0.2) is 83.3 Å². The molecule has 0 bridgehead atoms. The average molecular weight is 536 g/mol. The molecule has 0 aliphatic carbocycles. The first-order valence-electron chi connectivity index (χ1n) is 11.4. The molecule has 0 aliphatic heterocycles. The summed E-state index contributed by atoms with van der Waals surface area (Å²) in [7, 11) is 1.64. The van der Waals surface area contributed by atoms with Crippen molar-refractivity contribution in [1.29, 1.82) is 0 Å². The molecule has 0 atom stereocenters. The van der Waals surface area contributed by atoms with Gasteiger partial charge in [0.1, 0.15) is 11.4 Å². The molecule has 0 unspecified atom stereocenters. The van der Waals surface area contributed by atoms with Crippen LogP contribution in [-0.2, 0) is 17.8 Å². The van der Waals surface area contributed by atoms with Gasteiger partial charge < -0.3 is 24.7 Å². The van der Waals surface area contributed by atoms with Crippen LogP contribution in [0.1, 0.15) is 25.0 Å². The van der Waals surface area contributed by atoms with Gasteiger partial charge in [-0.3, -0.25) is 0 Å². The van der Waals surface area contributed by atoms with E-state index in [-0.39, 0.29) is 6.79 Å². The van der Waals surface area contributed by atoms with Gasteiger partial charge in [0.05, 0.1) is 13.7 Å². The maximum Gasteiger partial charge on any atom is 0.189 e. The summed E-state index contributed by atoms with van der Waals surface area (Å²) in [6, 6.07) is 25.8. The van der Waals surface area contributed by atoms with Crippen LogP contribution >= 0.6 is 15.9 Å². The third-order valence-corrected chi connectivity index (χ3v) is 6.13. The monoisotopic (exact) mass is 535 g/mol. The largest absolute Gasteiger partial charge is 0.493 e. The number of rotatable bonds is 10. The van der Waals surface area contributed by atoms with Crippen molar-refractivity contribution >= 4 is 32.4 Å². The molecule has 0 fully saturated rings. The van der Waals surface area contributed by atoms with Crippen LogP contribution in [0.3, 0.4) is 0 Å². The van der Waals surface area contributed by atoms with E-state index in [0.717, 1.165) is 32.1 Å². The van der Waals surface area contributed by atoms with Crippen molar-refractivity contribution in [2.24, 2.45) is 0 Å². The van der Waals surface area contributed by atoms with E-state index in [1.807, 2.05) is 92.7 Å². The lowest BCUT2D eigenvalue weighted by Crippen LogP contribution is -2.31. The number of hydrogen-bond donors (Lipinski definition) is 1. The number of methoxy groups -OCH3 is 1. The van der Waals surface area contributed by atoms with Crippen LogP contribution in [0, 0.1) is 0 Å². The Bertz CT molecular complexity index is 1290. The van der Waals surface area contributed by atoms with Gasteiger partial charge in [-0.1, -0.05) is 64.5 Å². The number of halogens is 1. The smallest absolute Gasteiger partial charge is 0.189 e. The first-order valence-corrected chi connectivity index (χ1v) is 12.2. The van der Waals surface area contributed by atoms with E-state index >= 15 is 0 Å². The molecule has 5 nitrogen and oxygen atoms in total. The summed E-state index contributed by atoms with van der Waals surface area (Å²) >= 11 is 3.54. The van der Waals surface area contributed by atoms with Gasteiger partial charge in [-0.2, -0.15) is 0 Å². The molecule has 0 spiro atoms. The highest BCUT2D eigenvalue weighted by atomic mass is 79.9. The van der Waals surface area contributed by atoms with Crippen molar-refractivity contribution < 1.29 is 18.9 Å². The van der Waals surface area contributed by atoms with Crippen LogP contribution in [0.5, 0.6) is 17.2 Å². The summed E-state index contributed by atoms with van der Waals surface area (Å²) in [5.74, 6) is 2.06. The molecule has 0 aliphatic rings. The van der Waals surface area contributed by atoms with E-state index in [0.29, 0.717) is 30.2 Å². The van der Waals surface area contributed by atoms with Gasteiger partial charge in [-0.05, 0) is 60.7 Å². The zero-order chi connectivity index (χ0) is 24.8. The fraction of sp³-hybridized carbons (Fsp3) is 0.241. The lowest BCUT2D eigenvalue weighted by Gasteiger charge is -2.28. The molecule has 0 heterocycles. The number of anilines is 1. The first-order chi connectivity index (χ1) is 16.8. The summed E-state index contributed by atoms with van der Waals surface area (Å²) in [6.07, 6.45) is 0.617. The van der Waals surface area contributed by atoms with Gasteiger partial charge in [0.25, 0.3) is 0 Å². The Morgan fingerprint density at radius 1 is 0.857 bits per heavy atom. The summed E-state index contributed by atoms with van der Waals surface area (Å²) in [4.78, 5) is 0. The summed E-state index contributed by atoms with van der Waals surface area (Å²) in [5, 5.41) is 1.94. The third-order valence-electron chi connectivity index (χ3n) is 5.64. The summed E-state index contributed by atoms with van der Waals surface area (Å²) in [5.41, 5.74) is 8.43. The van der Waals surface area contributed by atoms with Gasteiger partial charge in [0, 0.05) is 22.0 Å². The number of nitrogens with two attached hydrogens (primary N) is 1. The zero-order valence-corrected chi connectivity index (χ0v) is 21.8. The first kappa shape index (κ1) is 24.9. The number of benzene rings is 4. The molecule has 0 saturated carbocycles. The molecule has 0 radical (unpaired) electrons. The minimum Gasteiger partial charge on any atom is -0.493 e. The Balaban J connectivity index is 1.48. The Morgan fingerprint density at radius 3 is 2.43 bits per heavy atom. The van der Waals surface area contributed by atoms with Crippen LogP contribution < -0.4 is 19.9 Å². The lowest BCUT2D eigenvalue weighted by molar-refractivity contribution is 0.00386. The van der Waals surface area contributed by atoms with Gasteiger partial charge in [-0.25, -0.2) is 0 Å². The van der Waals surface area contributed by atoms with Crippen molar-refractivity contribution in [2.75, 3.05) is 19.6 Å². The SMILES string of the molecule is COc1cc2c(N)cccc2cc1OC(C)(C)Cc1ccc(Br)cc1OCOCc1ccccc1. The quantitative estimate of drug-likeness (QED) is 0.133. The van der Waals surface area contributed by atoms with Gasteiger partial charge >= 0.3 is 0 Å². The van der Waals surface area contributed by atoms with Crippen LogP contribution in [0.25, 0.3) is 10.8 Å². The maximum atomic E-state index is 6.48. The predicted octanol–water partition coefficient (Wildman–Crippen LogP) is 7.15. The molecule has 2 N–H and O–H groups in total. The fourth-order valence-electron chi connectivity index (χ4n) is 3.99. The predicted molar refractivity (Wildman–Crippen MR) is 144 cm³/mol. The van der Waals surface area contributed by atoms with E-state index in [4.69, 9.17) is 24.7 Å². The summed E-state index contributed by atoms with van der Waals surface area (Å²) in [6.45, 7) is 4.74. The van der Waals surface area contributed by atoms with E-state index in [1.165, 1.54) is 0 Å². The van der Waals surface area contributed by atoms with Crippen LogP contribution in [0.2, 0.25) is 0 Å². The van der Waals surface area contributed by atoms with Crippen molar-refractivity contribution in [3.8, 4) is 17.2 Å². The highest BCUT2D eigenvalue weighted by Crippen LogP contribution is 2.38. The molecule has 182 valence electrons. The Kier molecular flexibility index (Phi) is 7.83. The molecular weight excluding hydrogens is 506 g/mol. The lowest BCUT2D eigenvalue weighted by atomic mass is 9.97. The molecule has 6 heteroatoms. The normalized spacial score (nSPS) is 11.4. The second kappa shape index (κ2) is 11.0. The molecular formula is C29H30BrNO4. The number of fused-ring (bicyclic) bond motifs is 1. The molecule has 0 aromatic heterocycles. The second-order valence-corrected chi connectivity index (χ2v) is 9.87. The molecule has 0 saturated heterocycles. The van der Waals surface area contributed by atoms with E-state index in [9.17, 15) is 0 Å². The third kappa shape index (κ3) is 6.47. The molecule has 0 amide bonds. The number of nitrogen functional groups attached to an aromatic ring is 1. The van der Waals surface area contributed by atoms with Gasteiger partial charge in [0.15, 0.2) is 18.3 Å². The Labute approximate surface area is 214 Å². The number of ether oxygens (including phenoxy) is 4. The Hall–Kier alpha value is -3.22. The molecule has 4 aromatic rings. The van der Waals surface area contributed by atoms with Gasteiger partial charge in [-0.15, -0.1) is 0 Å². The highest BCUT2D eigenvalue weighted by Gasteiger charge is 2.25. The van der Waals surface area contributed by atoms with Gasteiger partial charge in [0.2, 0.25) is 0 Å². The molecule has 4 rings (SSSR count). The molecule has 35 heavy (non-hydrogen) atoms. The van der Waals surface area contributed by atoms with Crippen molar-refractivity contribution in [2.45, 2.75) is 32.5 Å². The number of hydrogen-bond acceptors (Lipinski definition) is 5. The maximum absolute atomic E-state index is 6.48.